The summed E-state index contributed by atoms with van der Waals surface area (Å²) < 4.78 is 23.5. The largest absolute Gasteiger partial charge is 0.461 e. The van der Waals surface area contributed by atoms with E-state index in [-0.39, 0.29) is 11.4 Å². The fourth-order valence-electron chi connectivity index (χ4n) is 2.87. The summed E-state index contributed by atoms with van der Waals surface area (Å²) >= 11 is 0. The number of aromatic nitrogens is 4. The number of hydrogen-bond donors (Lipinski definition) is 0. The van der Waals surface area contributed by atoms with E-state index < -0.39 is 5.82 Å². The summed E-state index contributed by atoms with van der Waals surface area (Å²) in [4.78, 5) is 12.8. The predicted octanol–water partition coefficient (Wildman–Crippen LogP) is 1.61. The van der Waals surface area contributed by atoms with Gasteiger partial charge in [-0.15, -0.1) is 0 Å². The van der Waals surface area contributed by atoms with E-state index in [9.17, 15) is 9.18 Å². The Hall–Kier alpha value is -3.22. The topological polar surface area (TPSA) is 53.1 Å². The Morgan fingerprint density at radius 3 is 2.71 bits per heavy atom. The summed E-state index contributed by atoms with van der Waals surface area (Å²) in [6, 6.07) is 13.4. The number of para-hydroxylation sites is 2. The number of hydrogen-bond acceptors (Lipinski definition) is 3. The highest BCUT2D eigenvalue weighted by molar-refractivity contribution is 5.73. The van der Waals surface area contributed by atoms with Crippen LogP contribution in [-0.4, -0.2) is 21.6 Å². The van der Waals surface area contributed by atoms with Gasteiger partial charge in [-0.05, 0) is 24.3 Å². The van der Waals surface area contributed by atoms with Crippen LogP contribution in [0.2, 0.25) is 0 Å². The number of aryl methyl sites for hydroxylation is 1. The van der Waals surface area contributed by atoms with Gasteiger partial charge in [0.25, 0.3) is 0 Å². The van der Waals surface area contributed by atoms with Crippen molar-refractivity contribution in [3.05, 3.63) is 64.7 Å². The molecule has 6 nitrogen and oxygen atoms in total. The lowest BCUT2D eigenvalue weighted by molar-refractivity contribution is -0.556. The van der Waals surface area contributed by atoms with Crippen molar-refractivity contribution in [1.29, 1.82) is 0 Å². The molecule has 4 aromatic rings. The summed E-state index contributed by atoms with van der Waals surface area (Å²) in [5.41, 5.74) is 2.02. The van der Waals surface area contributed by atoms with Gasteiger partial charge >= 0.3 is 17.0 Å². The molecular formula is C17H14FN4O2+. The maximum Gasteiger partial charge on any atom is 0.367 e. The van der Waals surface area contributed by atoms with Crippen LogP contribution in [0.15, 0.2) is 53.3 Å². The van der Waals surface area contributed by atoms with Crippen molar-refractivity contribution in [2.45, 2.75) is 0 Å². The molecule has 2 aromatic heterocycles. The van der Waals surface area contributed by atoms with Crippen molar-refractivity contribution in [3.8, 4) is 11.6 Å². The quantitative estimate of drug-likeness (QED) is 0.526. The van der Waals surface area contributed by atoms with E-state index in [1.54, 1.807) is 23.7 Å². The second kappa shape index (κ2) is 5.16. The van der Waals surface area contributed by atoms with Crippen molar-refractivity contribution < 1.29 is 13.6 Å². The summed E-state index contributed by atoms with van der Waals surface area (Å²) in [6.07, 6.45) is 0. The molecule has 0 aliphatic heterocycles. The fraction of sp³-hybridized carbons (Fsp3) is 0.118. The van der Waals surface area contributed by atoms with Gasteiger partial charge in [-0.3, -0.25) is 4.79 Å². The first-order chi connectivity index (χ1) is 11.6. The number of rotatable bonds is 2. The minimum atomic E-state index is -0.392. The van der Waals surface area contributed by atoms with E-state index in [1.807, 2.05) is 24.3 Å². The lowest BCUT2D eigenvalue weighted by Crippen LogP contribution is -2.35. The molecule has 0 aliphatic carbocycles. The standard InChI is InChI=1S/C17H14FN4O2/c1-20-13-8-3-4-9-14(13)22-15(16(20)23)17(24-2)21(19-22)12-7-5-6-11(18)10-12/h3-10H,1-2H3/q+1. The maximum absolute atomic E-state index is 13.6. The van der Waals surface area contributed by atoms with Crippen LogP contribution in [0.3, 0.4) is 0 Å². The first kappa shape index (κ1) is 14.4. The molecule has 120 valence electrons. The smallest absolute Gasteiger partial charge is 0.367 e. The Morgan fingerprint density at radius 2 is 1.96 bits per heavy atom. The molecule has 0 N–H and O–H groups in total. The molecule has 0 fully saturated rings. The molecule has 0 atom stereocenters. The van der Waals surface area contributed by atoms with Gasteiger partial charge in [0, 0.05) is 13.1 Å². The maximum atomic E-state index is 13.6. The summed E-state index contributed by atoms with van der Waals surface area (Å²) in [5.74, 6) is -0.135. The molecule has 0 radical (unpaired) electrons. The number of nitrogens with zero attached hydrogens (tertiary/aromatic N) is 4. The van der Waals surface area contributed by atoms with Crippen LogP contribution in [0, 0.1) is 5.82 Å². The monoisotopic (exact) mass is 325 g/mol. The molecule has 2 aromatic carbocycles. The molecule has 0 unspecified atom stereocenters. The highest BCUT2D eigenvalue weighted by atomic mass is 19.1. The first-order valence-corrected chi connectivity index (χ1v) is 7.34. The Bertz CT molecular complexity index is 1150. The summed E-state index contributed by atoms with van der Waals surface area (Å²) in [6.45, 7) is 0. The molecule has 0 saturated carbocycles. The van der Waals surface area contributed by atoms with Gasteiger partial charge in [0.2, 0.25) is 0 Å². The van der Waals surface area contributed by atoms with E-state index in [4.69, 9.17) is 4.74 Å². The van der Waals surface area contributed by atoms with Gasteiger partial charge in [-0.2, -0.15) is 0 Å². The molecular weight excluding hydrogens is 311 g/mol. The van der Waals surface area contributed by atoms with Crippen LogP contribution in [0.25, 0.3) is 22.2 Å². The fourth-order valence-corrected chi connectivity index (χ4v) is 2.87. The third-order valence-electron chi connectivity index (χ3n) is 4.01. The Morgan fingerprint density at radius 1 is 1.17 bits per heavy atom. The molecule has 0 aliphatic rings. The minimum absolute atomic E-state index is 0.242. The Kier molecular flexibility index (Phi) is 3.09. The van der Waals surface area contributed by atoms with E-state index in [1.165, 1.54) is 28.4 Å². The molecule has 4 rings (SSSR count). The normalized spacial score (nSPS) is 11.3. The zero-order valence-electron chi connectivity index (χ0n) is 13.1. The van der Waals surface area contributed by atoms with Crippen molar-refractivity contribution >= 4 is 16.6 Å². The molecule has 24 heavy (non-hydrogen) atoms. The lowest BCUT2D eigenvalue weighted by Gasteiger charge is -2.01. The van der Waals surface area contributed by atoms with E-state index in [0.717, 1.165) is 11.0 Å². The second-order valence-electron chi connectivity index (χ2n) is 5.40. The number of benzene rings is 2. The van der Waals surface area contributed by atoms with Crippen molar-refractivity contribution in [2.24, 2.45) is 7.05 Å². The van der Waals surface area contributed by atoms with E-state index >= 15 is 0 Å². The van der Waals surface area contributed by atoms with Crippen LogP contribution in [0.4, 0.5) is 4.39 Å². The SMILES string of the molecule is COc1c2c(=O)n(C)c3ccccc3[n+]2nn1-c1cccc(F)c1. The average molecular weight is 325 g/mol. The van der Waals surface area contributed by atoms with Gasteiger partial charge < -0.3 is 9.30 Å². The van der Waals surface area contributed by atoms with Gasteiger partial charge in [0.05, 0.1) is 12.6 Å². The molecule has 0 amide bonds. The van der Waals surface area contributed by atoms with Gasteiger partial charge in [-0.25, -0.2) is 4.39 Å². The predicted molar refractivity (Wildman–Crippen MR) is 86.0 cm³/mol. The molecule has 2 heterocycles. The zero-order valence-corrected chi connectivity index (χ0v) is 13.1. The highest BCUT2D eigenvalue weighted by Crippen LogP contribution is 2.20. The van der Waals surface area contributed by atoms with Crippen LogP contribution < -0.4 is 14.8 Å². The second-order valence-corrected chi connectivity index (χ2v) is 5.40. The minimum Gasteiger partial charge on any atom is -0.461 e. The first-order valence-electron chi connectivity index (χ1n) is 7.34. The Balaban J connectivity index is 2.20. The number of halogens is 1. The average Bonchev–Trinajstić information content (AvgIpc) is 2.99. The van der Waals surface area contributed by atoms with Crippen molar-refractivity contribution in [1.82, 2.24) is 14.5 Å². The number of fused-ring (bicyclic) bond motifs is 3. The zero-order chi connectivity index (χ0) is 16.8. The number of ether oxygens (including phenoxy) is 1. The van der Waals surface area contributed by atoms with E-state index in [2.05, 4.69) is 5.21 Å². The van der Waals surface area contributed by atoms with Gasteiger partial charge in [0.15, 0.2) is 11.2 Å². The molecule has 0 bridgehead atoms. The van der Waals surface area contributed by atoms with Crippen LogP contribution in [0.5, 0.6) is 5.88 Å². The summed E-state index contributed by atoms with van der Waals surface area (Å²) in [5, 5.41) is 4.45. The summed E-state index contributed by atoms with van der Waals surface area (Å²) in [7, 11) is 3.16. The number of methoxy groups -OCH3 is 1. The van der Waals surface area contributed by atoms with Gasteiger partial charge in [-0.1, -0.05) is 27.4 Å². The third-order valence-corrected chi connectivity index (χ3v) is 4.01. The van der Waals surface area contributed by atoms with Crippen molar-refractivity contribution in [3.63, 3.8) is 0 Å². The van der Waals surface area contributed by atoms with Crippen LogP contribution in [-0.2, 0) is 7.05 Å². The van der Waals surface area contributed by atoms with Crippen molar-refractivity contribution in [2.75, 3.05) is 7.11 Å². The lowest BCUT2D eigenvalue weighted by atomic mass is 10.3. The molecule has 7 heteroatoms. The van der Waals surface area contributed by atoms with E-state index in [0.29, 0.717) is 11.2 Å². The van der Waals surface area contributed by atoms with Crippen LogP contribution >= 0.6 is 0 Å². The molecule has 0 spiro atoms. The third kappa shape index (κ3) is 1.91. The molecule has 0 saturated heterocycles. The van der Waals surface area contributed by atoms with Gasteiger partial charge in [0.1, 0.15) is 11.0 Å². The highest BCUT2D eigenvalue weighted by Gasteiger charge is 2.29. The Labute approximate surface area is 135 Å². The van der Waals surface area contributed by atoms with Crippen LogP contribution in [0.1, 0.15) is 0 Å².